The van der Waals surface area contributed by atoms with Crippen molar-refractivity contribution >= 4 is 38.3 Å². The monoisotopic (exact) mass is 645 g/mol. The SMILES string of the molecule is Cc1cc(-c2nn(-c3ccccc3)cc2C=c2sc3nc(-c4ccc(Br)cc4)nn3c2=O)ccc1OCc1ccccc1. The fourth-order valence-corrected chi connectivity index (χ4v) is 5.98. The minimum atomic E-state index is -0.213. The Bertz CT molecular complexity index is 2170. The van der Waals surface area contributed by atoms with E-state index in [1.165, 1.54) is 15.9 Å². The van der Waals surface area contributed by atoms with Gasteiger partial charge in [0.05, 0.1) is 10.2 Å². The summed E-state index contributed by atoms with van der Waals surface area (Å²) in [7, 11) is 0. The largest absolute Gasteiger partial charge is 0.489 e. The first-order valence-electron chi connectivity index (χ1n) is 13.6. The van der Waals surface area contributed by atoms with Gasteiger partial charge in [0.15, 0.2) is 5.82 Å². The van der Waals surface area contributed by atoms with Gasteiger partial charge < -0.3 is 4.74 Å². The summed E-state index contributed by atoms with van der Waals surface area (Å²) in [6.07, 6.45) is 3.82. The van der Waals surface area contributed by atoms with Gasteiger partial charge in [-0.25, -0.2) is 4.68 Å². The molecule has 4 aromatic carbocycles. The molecule has 0 fully saturated rings. The molecule has 0 saturated heterocycles. The van der Waals surface area contributed by atoms with Crippen LogP contribution >= 0.6 is 27.3 Å². The molecule has 0 spiro atoms. The molecule has 9 heteroatoms. The third-order valence-corrected chi connectivity index (χ3v) is 8.51. The molecule has 43 heavy (non-hydrogen) atoms. The molecular formula is C34H24BrN5O2S. The number of para-hydroxylation sites is 1. The Morgan fingerprint density at radius 3 is 2.33 bits per heavy atom. The van der Waals surface area contributed by atoms with Gasteiger partial charge in [-0.2, -0.15) is 14.6 Å². The van der Waals surface area contributed by atoms with E-state index in [9.17, 15) is 4.79 Å². The summed E-state index contributed by atoms with van der Waals surface area (Å²) >= 11 is 4.76. The van der Waals surface area contributed by atoms with Gasteiger partial charge in [0, 0.05) is 27.4 Å². The first-order chi connectivity index (χ1) is 21.0. The van der Waals surface area contributed by atoms with Crippen molar-refractivity contribution in [1.82, 2.24) is 24.4 Å². The second kappa shape index (κ2) is 11.4. The molecule has 0 bridgehead atoms. The van der Waals surface area contributed by atoms with Crippen LogP contribution in [0.15, 0.2) is 119 Å². The third-order valence-electron chi connectivity index (χ3n) is 7.02. The molecular weight excluding hydrogens is 622 g/mol. The Balaban J connectivity index is 1.27. The number of aromatic nitrogens is 5. The Morgan fingerprint density at radius 1 is 0.884 bits per heavy atom. The number of rotatable bonds is 7. The summed E-state index contributed by atoms with van der Waals surface area (Å²) in [6, 6.07) is 33.8. The number of thiazole rings is 1. The van der Waals surface area contributed by atoms with Crippen LogP contribution in [0.5, 0.6) is 5.75 Å². The molecule has 0 aliphatic carbocycles. The van der Waals surface area contributed by atoms with Gasteiger partial charge in [0.2, 0.25) is 4.96 Å². The third kappa shape index (κ3) is 5.52. The number of nitrogens with zero attached hydrogens (tertiary/aromatic N) is 5. The van der Waals surface area contributed by atoms with Crippen LogP contribution in [0.2, 0.25) is 0 Å². The zero-order chi connectivity index (χ0) is 29.3. The van der Waals surface area contributed by atoms with E-state index in [1.807, 2.05) is 121 Å². The molecule has 0 radical (unpaired) electrons. The van der Waals surface area contributed by atoms with Crippen molar-refractivity contribution in [3.05, 3.63) is 145 Å². The quantitative estimate of drug-likeness (QED) is 0.189. The van der Waals surface area contributed by atoms with Crippen LogP contribution in [0.4, 0.5) is 0 Å². The average Bonchev–Trinajstić information content (AvgIpc) is 3.73. The average molecular weight is 647 g/mol. The molecule has 0 unspecified atom stereocenters. The molecule has 3 heterocycles. The summed E-state index contributed by atoms with van der Waals surface area (Å²) in [4.78, 5) is 18.6. The van der Waals surface area contributed by atoms with Crippen molar-refractivity contribution in [1.29, 1.82) is 0 Å². The lowest BCUT2D eigenvalue weighted by Crippen LogP contribution is -2.23. The van der Waals surface area contributed by atoms with Crippen LogP contribution in [0.3, 0.4) is 0 Å². The summed E-state index contributed by atoms with van der Waals surface area (Å²) in [5.74, 6) is 1.33. The minimum absolute atomic E-state index is 0.213. The molecule has 0 saturated carbocycles. The number of aryl methyl sites for hydroxylation is 1. The highest BCUT2D eigenvalue weighted by atomic mass is 79.9. The van der Waals surface area contributed by atoms with Crippen molar-refractivity contribution in [3.8, 4) is 34.1 Å². The Morgan fingerprint density at radius 2 is 1.60 bits per heavy atom. The Hall–Kier alpha value is -4.86. The van der Waals surface area contributed by atoms with Crippen LogP contribution in [0, 0.1) is 6.92 Å². The molecule has 0 aliphatic heterocycles. The van der Waals surface area contributed by atoms with E-state index in [1.54, 1.807) is 0 Å². The number of hydrogen-bond donors (Lipinski definition) is 0. The molecule has 210 valence electrons. The molecule has 7 rings (SSSR count). The van der Waals surface area contributed by atoms with Gasteiger partial charge in [0.25, 0.3) is 5.56 Å². The number of halogens is 1. The number of ether oxygens (including phenoxy) is 1. The Kier molecular flexibility index (Phi) is 7.18. The van der Waals surface area contributed by atoms with E-state index in [2.05, 4.69) is 32.1 Å². The zero-order valence-electron chi connectivity index (χ0n) is 23.0. The Labute approximate surface area is 259 Å². The predicted molar refractivity (Wildman–Crippen MR) is 174 cm³/mol. The summed E-state index contributed by atoms with van der Waals surface area (Å²) in [5.41, 5.74) is 6.17. The van der Waals surface area contributed by atoms with Crippen LogP contribution in [-0.4, -0.2) is 24.4 Å². The second-order valence-electron chi connectivity index (χ2n) is 10.0. The van der Waals surface area contributed by atoms with Gasteiger partial charge in [-0.3, -0.25) is 4.79 Å². The fraction of sp³-hybridized carbons (Fsp3) is 0.0588. The van der Waals surface area contributed by atoms with Crippen LogP contribution < -0.4 is 14.8 Å². The summed E-state index contributed by atoms with van der Waals surface area (Å²) in [6.45, 7) is 2.52. The van der Waals surface area contributed by atoms with E-state index >= 15 is 0 Å². The van der Waals surface area contributed by atoms with Crippen molar-refractivity contribution in [3.63, 3.8) is 0 Å². The van der Waals surface area contributed by atoms with Crippen LogP contribution in [0.1, 0.15) is 16.7 Å². The van der Waals surface area contributed by atoms with Gasteiger partial charge in [-0.15, -0.1) is 5.10 Å². The normalized spacial score (nSPS) is 11.8. The van der Waals surface area contributed by atoms with Gasteiger partial charge in [-0.1, -0.05) is 87.9 Å². The van der Waals surface area contributed by atoms with Crippen LogP contribution in [0.25, 0.3) is 39.4 Å². The second-order valence-corrected chi connectivity index (χ2v) is 11.9. The standard InChI is InChI=1S/C34H24BrN5O2S/c1-22-18-25(14-17-29(22)42-21-23-8-4-2-5-9-23)31-26(20-39(37-31)28-10-6-3-7-11-28)19-30-33(41)40-34(43-30)36-32(38-40)24-12-15-27(35)16-13-24/h2-20H,21H2,1H3. The smallest absolute Gasteiger partial charge is 0.291 e. The lowest BCUT2D eigenvalue weighted by molar-refractivity contribution is 0.304. The molecule has 3 aromatic heterocycles. The lowest BCUT2D eigenvalue weighted by Gasteiger charge is -2.10. The minimum Gasteiger partial charge on any atom is -0.489 e. The van der Waals surface area contributed by atoms with E-state index in [0.29, 0.717) is 21.9 Å². The summed E-state index contributed by atoms with van der Waals surface area (Å²) < 4.78 is 10.8. The number of fused-ring (bicyclic) bond motifs is 1. The molecule has 7 nitrogen and oxygen atoms in total. The van der Waals surface area contributed by atoms with E-state index in [0.717, 1.165) is 49.4 Å². The van der Waals surface area contributed by atoms with Crippen molar-refractivity contribution in [2.75, 3.05) is 0 Å². The van der Waals surface area contributed by atoms with Crippen molar-refractivity contribution < 1.29 is 4.74 Å². The summed E-state index contributed by atoms with van der Waals surface area (Å²) in [5, 5.41) is 9.45. The fourth-order valence-electron chi connectivity index (χ4n) is 4.82. The first kappa shape index (κ1) is 27.0. The van der Waals surface area contributed by atoms with Gasteiger partial charge >= 0.3 is 0 Å². The number of hydrogen-bond acceptors (Lipinski definition) is 6. The highest BCUT2D eigenvalue weighted by Crippen LogP contribution is 2.29. The van der Waals surface area contributed by atoms with Crippen molar-refractivity contribution in [2.45, 2.75) is 13.5 Å². The zero-order valence-corrected chi connectivity index (χ0v) is 25.4. The highest BCUT2D eigenvalue weighted by molar-refractivity contribution is 9.10. The predicted octanol–water partition coefficient (Wildman–Crippen LogP) is 6.87. The maximum atomic E-state index is 13.4. The number of benzene rings is 4. The van der Waals surface area contributed by atoms with Gasteiger partial charge in [-0.05, 0) is 66.6 Å². The molecule has 0 amide bonds. The molecule has 0 aliphatic rings. The molecule has 0 N–H and O–H groups in total. The maximum Gasteiger partial charge on any atom is 0.291 e. The van der Waals surface area contributed by atoms with Crippen LogP contribution in [-0.2, 0) is 6.61 Å². The highest BCUT2D eigenvalue weighted by Gasteiger charge is 2.16. The lowest BCUT2D eigenvalue weighted by atomic mass is 10.0. The van der Waals surface area contributed by atoms with Gasteiger partial charge in [0.1, 0.15) is 18.1 Å². The topological polar surface area (TPSA) is 74.3 Å². The molecule has 7 aromatic rings. The van der Waals surface area contributed by atoms with E-state index in [4.69, 9.17) is 9.84 Å². The first-order valence-corrected chi connectivity index (χ1v) is 15.2. The van der Waals surface area contributed by atoms with E-state index < -0.39 is 0 Å². The maximum absolute atomic E-state index is 13.4. The van der Waals surface area contributed by atoms with E-state index in [-0.39, 0.29) is 5.56 Å². The van der Waals surface area contributed by atoms with Crippen molar-refractivity contribution in [2.24, 2.45) is 0 Å². The molecule has 0 atom stereocenters.